The number of aromatic nitrogens is 1. The molecule has 0 radical (unpaired) electrons. The highest BCUT2D eigenvalue weighted by molar-refractivity contribution is 7.91. The highest BCUT2D eigenvalue weighted by Crippen LogP contribution is 2.44. The minimum absolute atomic E-state index is 0.0670. The second-order valence-corrected chi connectivity index (χ2v) is 15.0. The first-order valence-electron chi connectivity index (χ1n) is 13.6. The normalized spacial score (nSPS) is 21.2. The summed E-state index contributed by atoms with van der Waals surface area (Å²) in [5.41, 5.74) is 1.65. The molecule has 4 heterocycles. The Labute approximate surface area is 237 Å². The minimum Gasteiger partial charge on any atom is -0.486 e. The number of anilines is 3. The van der Waals surface area contributed by atoms with Crippen molar-refractivity contribution >= 4 is 45.7 Å². The summed E-state index contributed by atoms with van der Waals surface area (Å²) in [4.78, 5) is 22.0. The molecule has 3 aliphatic heterocycles. The van der Waals surface area contributed by atoms with Crippen molar-refractivity contribution in [3.05, 3.63) is 35.5 Å². The molecule has 0 aliphatic carbocycles. The fourth-order valence-electron chi connectivity index (χ4n) is 5.05. The molecule has 1 aromatic heterocycles. The molecule has 1 aromatic carbocycles. The number of pyridine rings is 1. The average molecular weight is 572 g/mol. The molecule has 40 heavy (non-hydrogen) atoms. The van der Waals surface area contributed by atoms with Crippen molar-refractivity contribution in [2.45, 2.75) is 78.8 Å². The first-order valence-corrected chi connectivity index (χ1v) is 15.4. The fraction of sp³-hybridized carbons (Fsp3) is 0.571. The number of nitrogens with zero attached hydrogens (tertiary/aromatic N) is 3. The van der Waals surface area contributed by atoms with E-state index in [2.05, 4.69) is 4.98 Å². The van der Waals surface area contributed by atoms with E-state index in [1.54, 1.807) is 6.20 Å². The van der Waals surface area contributed by atoms with Crippen molar-refractivity contribution in [2.75, 3.05) is 34.4 Å². The predicted octanol–water partition coefficient (Wildman–Crippen LogP) is 3.89. The summed E-state index contributed by atoms with van der Waals surface area (Å²) in [7, 11) is -3.72. The van der Waals surface area contributed by atoms with Gasteiger partial charge in [0.1, 0.15) is 18.0 Å². The van der Waals surface area contributed by atoms with Crippen LogP contribution in [0, 0.1) is 6.92 Å². The third kappa shape index (κ3) is 5.28. The SMILES string of the molecule is Cc1cc(B2OC(C)(C)C(C)(C)O2)cc2c1OCc1c(N3CCS(=O)(=O)CC3)ccnc1N2C(=O)OC(C)(C)C. The van der Waals surface area contributed by atoms with Gasteiger partial charge < -0.3 is 23.7 Å². The summed E-state index contributed by atoms with van der Waals surface area (Å²) in [6, 6.07) is 5.63. The molecule has 0 unspecified atom stereocenters. The molecule has 2 aromatic rings. The lowest BCUT2D eigenvalue weighted by molar-refractivity contribution is 0.00578. The van der Waals surface area contributed by atoms with Crippen molar-refractivity contribution in [3.8, 4) is 5.75 Å². The average Bonchev–Trinajstić information content (AvgIpc) is 2.95. The quantitative estimate of drug-likeness (QED) is 0.496. The summed E-state index contributed by atoms with van der Waals surface area (Å²) in [5, 5.41) is 0. The molecule has 5 rings (SSSR count). The number of rotatable bonds is 2. The van der Waals surface area contributed by atoms with E-state index in [1.807, 2.05) is 78.5 Å². The van der Waals surface area contributed by atoms with Crippen molar-refractivity contribution in [3.63, 3.8) is 0 Å². The Balaban J connectivity index is 1.63. The van der Waals surface area contributed by atoms with E-state index in [9.17, 15) is 13.2 Å². The van der Waals surface area contributed by atoms with E-state index in [4.69, 9.17) is 18.8 Å². The molecule has 1 amide bonds. The van der Waals surface area contributed by atoms with Crippen LogP contribution in [0.4, 0.5) is 22.0 Å². The summed E-state index contributed by atoms with van der Waals surface area (Å²) in [6.07, 6.45) is 1.03. The molecule has 0 spiro atoms. The standard InChI is InChI=1S/C28H38BN3O7S/c1-18-15-19(29-38-27(5,6)28(7,8)39-29)16-22-23(18)36-17-20-21(31-11-13-40(34,35)14-12-31)9-10-30-24(20)32(22)25(33)37-26(2,3)4/h9-10,15-16H,11-14,17H2,1-8H3. The second-order valence-electron chi connectivity index (χ2n) is 12.6. The Bertz CT molecular complexity index is 1420. The third-order valence-corrected chi connectivity index (χ3v) is 9.49. The van der Waals surface area contributed by atoms with E-state index in [1.165, 1.54) is 4.90 Å². The Morgan fingerprint density at radius 3 is 2.27 bits per heavy atom. The van der Waals surface area contributed by atoms with Crippen molar-refractivity contribution in [1.29, 1.82) is 0 Å². The van der Waals surface area contributed by atoms with Crippen molar-refractivity contribution in [2.24, 2.45) is 0 Å². The molecule has 0 atom stereocenters. The van der Waals surface area contributed by atoms with E-state index < -0.39 is 39.9 Å². The van der Waals surface area contributed by atoms with Gasteiger partial charge in [-0.25, -0.2) is 23.1 Å². The maximum Gasteiger partial charge on any atom is 0.494 e. The summed E-state index contributed by atoms with van der Waals surface area (Å²) in [6.45, 7) is 16.2. The van der Waals surface area contributed by atoms with Gasteiger partial charge in [-0.05, 0) is 78.5 Å². The molecule has 0 N–H and O–H groups in total. The van der Waals surface area contributed by atoms with Gasteiger partial charge in [-0.15, -0.1) is 0 Å². The summed E-state index contributed by atoms with van der Waals surface area (Å²) >= 11 is 0. The van der Waals surface area contributed by atoms with Crippen LogP contribution in [-0.4, -0.2) is 68.0 Å². The smallest absolute Gasteiger partial charge is 0.486 e. The minimum atomic E-state index is -3.07. The molecule has 10 nitrogen and oxygen atoms in total. The number of fused-ring (bicyclic) bond motifs is 2. The molecule has 0 saturated carbocycles. The lowest BCUT2D eigenvalue weighted by Gasteiger charge is -2.32. The van der Waals surface area contributed by atoms with Gasteiger partial charge in [0.15, 0.2) is 15.7 Å². The summed E-state index contributed by atoms with van der Waals surface area (Å²) < 4.78 is 49.1. The number of ether oxygens (including phenoxy) is 2. The van der Waals surface area contributed by atoms with Crippen LogP contribution in [0.5, 0.6) is 5.75 Å². The molecule has 2 fully saturated rings. The highest BCUT2D eigenvalue weighted by Gasteiger charge is 2.52. The van der Waals surface area contributed by atoms with Crippen molar-refractivity contribution in [1.82, 2.24) is 4.98 Å². The van der Waals surface area contributed by atoms with Crippen molar-refractivity contribution < 1.29 is 32.0 Å². The van der Waals surface area contributed by atoms with E-state index >= 15 is 0 Å². The Kier molecular flexibility index (Phi) is 6.91. The van der Waals surface area contributed by atoms with Crippen LogP contribution in [0.1, 0.15) is 59.6 Å². The second kappa shape index (κ2) is 9.63. The van der Waals surface area contributed by atoms with Crippen LogP contribution >= 0.6 is 0 Å². The van der Waals surface area contributed by atoms with Gasteiger partial charge in [0, 0.05) is 25.0 Å². The zero-order valence-corrected chi connectivity index (χ0v) is 25.3. The van der Waals surface area contributed by atoms with E-state index in [0.29, 0.717) is 35.9 Å². The van der Waals surface area contributed by atoms with Gasteiger partial charge in [-0.2, -0.15) is 0 Å². The summed E-state index contributed by atoms with van der Waals surface area (Å²) in [5.74, 6) is 1.04. The van der Waals surface area contributed by atoms with Crippen LogP contribution in [-0.2, 0) is 30.5 Å². The number of carbonyl (C=O) groups excluding carboxylic acids is 1. The molecule has 0 bridgehead atoms. The third-order valence-electron chi connectivity index (χ3n) is 7.89. The fourth-order valence-corrected chi connectivity index (χ4v) is 6.26. The zero-order valence-electron chi connectivity index (χ0n) is 24.5. The molecule has 216 valence electrons. The highest BCUT2D eigenvalue weighted by atomic mass is 32.2. The van der Waals surface area contributed by atoms with Crippen LogP contribution in [0.15, 0.2) is 24.4 Å². The Hall–Kier alpha value is -2.83. The maximum absolute atomic E-state index is 13.9. The molecule has 2 saturated heterocycles. The maximum atomic E-state index is 13.9. The molecular formula is C28H38BN3O7S. The van der Waals surface area contributed by atoms with Gasteiger partial charge in [0.05, 0.1) is 34.0 Å². The monoisotopic (exact) mass is 571 g/mol. The first kappa shape index (κ1) is 28.7. The van der Waals surface area contributed by atoms with Gasteiger partial charge in [0.2, 0.25) is 0 Å². The Morgan fingerprint density at radius 2 is 1.68 bits per heavy atom. The van der Waals surface area contributed by atoms with E-state index in [0.717, 1.165) is 16.7 Å². The lowest BCUT2D eigenvalue weighted by atomic mass is 9.78. The van der Waals surface area contributed by atoms with Gasteiger partial charge in [-0.3, -0.25) is 0 Å². The first-order chi connectivity index (χ1) is 18.5. The Morgan fingerprint density at radius 1 is 1.05 bits per heavy atom. The van der Waals surface area contributed by atoms with Crippen LogP contribution in [0.3, 0.4) is 0 Å². The molecule has 12 heteroatoms. The van der Waals surface area contributed by atoms with Gasteiger partial charge >= 0.3 is 13.2 Å². The number of carbonyl (C=O) groups is 1. The topological polar surface area (TPSA) is 107 Å². The lowest BCUT2D eigenvalue weighted by Crippen LogP contribution is -2.41. The van der Waals surface area contributed by atoms with E-state index in [-0.39, 0.29) is 18.1 Å². The number of sulfone groups is 1. The molecule has 3 aliphatic rings. The predicted molar refractivity (Wildman–Crippen MR) is 155 cm³/mol. The van der Waals surface area contributed by atoms with Gasteiger partial charge in [-0.1, -0.05) is 6.07 Å². The largest absolute Gasteiger partial charge is 0.494 e. The number of benzene rings is 1. The van der Waals surface area contributed by atoms with Crippen LogP contribution in [0.25, 0.3) is 0 Å². The van der Waals surface area contributed by atoms with Crippen LogP contribution in [0.2, 0.25) is 0 Å². The number of hydrogen-bond acceptors (Lipinski definition) is 9. The van der Waals surface area contributed by atoms with Gasteiger partial charge in [0.25, 0.3) is 0 Å². The number of aryl methyl sites for hydroxylation is 1. The number of amides is 1. The zero-order chi connectivity index (χ0) is 29.3. The molecular weight excluding hydrogens is 533 g/mol. The van der Waals surface area contributed by atoms with Crippen LogP contribution < -0.4 is 20.0 Å². The number of hydrogen-bond donors (Lipinski definition) is 0.